The van der Waals surface area contributed by atoms with Crippen LogP contribution in [0.4, 0.5) is 0 Å². The molecule has 104 valence electrons. The standard InChI is InChI=1S/C17H19NO2/c1-18(2)17(19)15-11-9-14(10-12-15)16(20-3)13-7-5-4-6-8-13/h4-12,16H,1-3H3. The van der Waals surface area contributed by atoms with E-state index >= 15 is 0 Å². The van der Waals surface area contributed by atoms with Crippen molar-refractivity contribution in [3.8, 4) is 0 Å². The Morgan fingerprint density at radius 3 is 2.00 bits per heavy atom. The highest BCUT2D eigenvalue weighted by Crippen LogP contribution is 2.25. The van der Waals surface area contributed by atoms with Gasteiger partial charge in [-0.2, -0.15) is 0 Å². The molecule has 0 fully saturated rings. The van der Waals surface area contributed by atoms with Gasteiger partial charge in [-0.15, -0.1) is 0 Å². The molecule has 0 aromatic heterocycles. The van der Waals surface area contributed by atoms with E-state index in [-0.39, 0.29) is 12.0 Å². The quantitative estimate of drug-likeness (QED) is 0.853. The molecule has 1 atom stereocenters. The molecule has 0 N–H and O–H groups in total. The van der Waals surface area contributed by atoms with Crippen LogP contribution in [-0.4, -0.2) is 32.0 Å². The summed E-state index contributed by atoms with van der Waals surface area (Å²) in [6.45, 7) is 0. The average molecular weight is 269 g/mol. The van der Waals surface area contributed by atoms with Gasteiger partial charge in [0.2, 0.25) is 0 Å². The van der Waals surface area contributed by atoms with Gasteiger partial charge in [-0.05, 0) is 23.3 Å². The highest BCUT2D eigenvalue weighted by molar-refractivity contribution is 5.93. The van der Waals surface area contributed by atoms with E-state index in [4.69, 9.17) is 4.74 Å². The molecular formula is C17H19NO2. The van der Waals surface area contributed by atoms with Crippen LogP contribution in [0.3, 0.4) is 0 Å². The van der Waals surface area contributed by atoms with Gasteiger partial charge in [0.15, 0.2) is 0 Å². The number of amides is 1. The van der Waals surface area contributed by atoms with E-state index in [0.717, 1.165) is 11.1 Å². The summed E-state index contributed by atoms with van der Waals surface area (Å²) >= 11 is 0. The molecule has 3 heteroatoms. The van der Waals surface area contributed by atoms with Crippen LogP contribution < -0.4 is 0 Å². The Bertz CT molecular complexity index is 561. The fraction of sp³-hybridized carbons (Fsp3) is 0.235. The van der Waals surface area contributed by atoms with Crippen molar-refractivity contribution in [2.45, 2.75) is 6.10 Å². The van der Waals surface area contributed by atoms with E-state index in [1.807, 2.05) is 54.6 Å². The van der Waals surface area contributed by atoms with Gasteiger partial charge in [0.1, 0.15) is 6.10 Å². The minimum absolute atomic E-state index is 0.00484. The molecule has 0 aliphatic carbocycles. The van der Waals surface area contributed by atoms with Gasteiger partial charge in [0, 0.05) is 26.8 Å². The molecule has 0 heterocycles. The molecule has 3 nitrogen and oxygen atoms in total. The fourth-order valence-corrected chi connectivity index (χ4v) is 2.15. The molecule has 2 aromatic carbocycles. The molecule has 2 aromatic rings. The van der Waals surface area contributed by atoms with Crippen molar-refractivity contribution in [2.24, 2.45) is 0 Å². The summed E-state index contributed by atoms with van der Waals surface area (Å²) in [6, 6.07) is 17.6. The lowest BCUT2D eigenvalue weighted by Gasteiger charge is -2.17. The summed E-state index contributed by atoms with van der Waals surface area (Å²) < 4.78 is 5.57. The van der Waals surface area contributed by atoms with Crippen molar-refractivity contribution in [1.29, 1.82) is 0 Å². The Hall–Kier alpha value is -2.13. The SMILES string of the molecule is COC(c1ccccc1)c1ccc(C(=O)N(C)C)cc1. The normalized spacial score (nSPS) is 11.9. The zero-order valence-electron chi connectivity index (χ0n) is 12.0. The lowest BCUT2D eigenvalue weighted by atomic mass is 10.00. The average Bonchev–Trinajstić information content (AvgIpc) is 2.49. The van der Waals surface area contributed by atoms with E-state index in [1.54, 1.807) is 26.1 Å². The maximum atomic E-state index is 11.9. The van der Waals surface area contributed by atoms with Crippen molar-refractivity contribution < 1.29 is 9.53 Å². The fourth-order valence-electron chi connectivity index (χ4n) is 2.15. The second kappa shape index (κ2) is 6.35. The molecule has 1 amide bonds. The number of rotatable bonds is 4. The third kappa shape index (κ3) is 3.06. The van der Waals surface area contributed by atoms with E-state index in [0.29, 0.717) is 5.56 Å². The van der Waals surface area contributed by atoms with Gasteiger partial charge < -0.3 is 9.64 Å². The highest BCUT2D eigenvalue weighted by atomic mass is 16.5. The molecule has 0 bridgehead atoms. The summed E-state index contributed by atoms with van der Waals surface area (Å²) in [4.78, 5) is 13.4. The number of hydrogen-bond acceptors (Lipinski definition) is 2. The second-order valence-electron chi connectivity index (χ2n) is 4.85. The zero-order chi connectivity index (χ0) is 14.5. The monoisotopic (exact) mass is 269 g/mol. The van der Waals surface area contributed by atoms with Crippen molar-refractivity contribution in [3.63, 3.8) is 0 Å². The number of methoxy groups -OCH3 is 1. The number of ether oxygens (including phenoxy) is 1. The molecule has 0 saturated heterocycles. The highest BCUT2D eigenvalue weighted by Gasteiger charge is 2.14. The number of carbonyl (C=O) groups excluding carboxylic acids is 1. The lowest BCUT2D eigenvalue weighted by molar-refractivity contribution is 0.0827. The summed E-state index contributed by atoms with van der Waals surface area (Å²) in [5, 5.41) is 0. The van der Waals surface area contributed by atoms with Crippen LogP contribution in [0.2, 0.25) is 0 Å². The zero-order valence-corrected chi connectivity index (χ0v) is 12.0. The van der Waals surface area contributed by atoms with Crippen LogP contribution in [0, 0.1) is 0 Å². The second-order valence-corrected chi connectivity index (χ2v) is 4.85. The van der Waals surface area contributed by atoms with E-state index in [9.17, 15) is 4.79 Å². The van der Waals surface area contributed by atoms with Gasteiger partial charge in [0.05, 0.1) is 0 Å². The number of nitrogens with zero attached hydrogens (tertiary/aromatic N) is 1. The van der Waals surface area contributed by atoms with Crippen molar-refractivity contribution in [3.05, 3.63) is 71.3 Å². The predicted octanol–water partition coefficient (Wildman–Crippen LogP) is 3.12. The minimum atomic E-state index is -0.111. The number of benzene rings is 2. The van der Waals surface area contributed by atoms with Gasteiger partial charge in [-0.1, -0.05) is 42.5 Å². The van der Waals surface area contributed by atoms with Crippen molar-refractivity contribution >= 4 is 5.91 Å². The smallest absolute Gasteiger partial charge is 0.253 e. The molecule has 20 heavy (non-hydrogen) atoms. The van der Waals surface area contributed by atoms with Crippen LogP contribution in [0.15, 0.2) is 54.6 Å². The molecule has 0 spiro atoms. The number of hydrogen-bond donors (Lipinski definition) is 0. The molecule has 0 radical (unpaired) electrons. The van der Waals surface area contributed by atoms with Crippen LogP contribution in [0.1, 0.15) is 27.6 Å². The van der Waals surface area contributed by atoms with Crippen LogP contribution >= 0.6 is 0 Å². The maximum absolute atomic E-state index is 11.9. The minimum Gasteiger partial charge on any atom is -0.372 e. The summed E-state index contributed by atoms with van der Waals surface area (Å²) in [7, 11) is 5.19. The van der Waals surface area contributed by atoms with Gasteiger partial charge in [-0.25, -0.2) is 0 Å². The first-order valence-electron chi connectivity index (χ1n) is 6.53. The van der Waals surface area contributed by atoms with Gasteiger partial charge in [0.25, 0.3) is 5.91 Å². The van der Waals surface area contributed by atoms with Crippen molar-refractivity contribution in [1.82, 2.24) is 4.90 Å². The molecule has 1 unspecified atom stereocenters. The van der Waals surface area contributed by atoms with E-state index < -0.39 is 0 Å². The molecule has 0 saturated carbocycles. The first-order chi connectivity index (χ1) is 9.63. The molecule has 0 aliphatic heterocycles. The van der Waals surface area contributed by atoms with E-state index in [2.05, 4.69) is 0 Å². The largest absolute Gasteiger partial charge is 0.372 e. The summed E-state index contributed by atoms with van der Waals surface area (Å²) in [6.07, 6.45) is -0.111. The molecule has 2 rings (SSSR count). The third-order valence-electron chi connectivity index (χ3n) is 3.20. The van der Waals surface area contributed by atoms with Gasteiger partial charge in [-0.3, -0.25) is 4.79 Å². The lowest BCUT2D eigenvalue weighted by Crippen LogP contribution is -2.21. The number of carbonyl (C=O) groups is 1. The maximum Gasteiger partial charge on any atom is 0.253 e. The summed E-state index contributed by atoms with van der Waals surface area (Å²) in [5.74, 6) is 0.00484. The Morgan fingerprint density at radius 2 is 1.50 bits per heavy atom. The Kier molecular flexibility index (Phi) is 4.53. The first-order valence-corrected chi connectivity index (χ1v) is 6.53. The van der Waals surface area contributed by atoms with Crippen molar-refractivity contribution in [2.75, 3.05) is 21.2 Å². The molecular weight excluding hydrogens is 250 g/mol. The van der Waals surface area contributed by atoms with Crippen LogP contribution in [-0.2, 0) is 4.74 Å². The Morgan fingerprint density at radius 1 is 0.950 bits per heavy atom. The third-order valence-corrected chi connectivity index (χ3v) is 3.20. The molecule has 0 aliphatic rings. The predicted molar refractivity (Wildman–Crippen MR) is 79.8 cm³/mol. The van der Waals surface area contributed by atoms with Crippen LogP contribution in [0.25, 0.3) is 0 Å². The first kappa shape index (κ1) is 14.3. The van der Waals surface area contributed by atoms with Gasteiger partial charge >= 0.3 is 0 Å². The van der Waals surface area contributed by atoms with Crippen LogP contribution in [0.5, 0.6) is 0 Å². The van der Waals surface area contributed by atoms with E-state index in [1.165, 1.54) is 0 Å². The Balaban J connectivity index is 2.26. The topological polar surface area (TPSA) is 29.5 Å². The summed E-state index contributed by atoms with van der Waals surface area (Å²) in [5.41, 5.74) is 2.82. The Labute approximate surface area is 119 Å².